The molecule has 142 valence electrons. The van der Waals surface area contributed by atoms with Gasteiger partial charge in [-0.1, -0.05) is 25.1 Å². The lowest BCUT2D eigenvalue weighted by molar-refractivity contribution is 0.193. The standard InChI is InChI=1S/C18H19BrN4O.C3H6/c1-12(14-4-2-13(7-20)3-5-14)8-21-10-16-11-22-17-6-15(19)9-23-18(17)24-16;1-3-2/h2-6,9,12,16,21-22H,8,10-11H2,1H3;3H,1H2,2H3. The number of hydrogen-bond acceptors (Lipinski definition) is 5. The number of aromatic nitrogens is 1. The number of pyridine rings is 1. The van der Waals surface area contributed by atoms with Crippen molar-refractivity contribution < 1.29 is 4.74 Å². The van der Waals surface area contributed by atoms with Gasteiger partial charge in [-0.15, -0.1) is 6.58 Å². The van der Waals surface area contributed by atoms with Crippen LogP contribution in [-0.4, -0.2) is 30.7 Å². The van der Waals surface area contributed by atoms with Crippen molar-refractivity contribution in [1.29, 1.82) is 5.26 Å². The third kappa shape index (κ3) is 6.38. The van der Waals surface area contributed by atoms with E-state index in [1.54, 1.807) is 12.3 Å². The number of hydrogen-bond donors (Lipinski definition) is 2. The van der Waals surface area contributed by atoms with E-state index in [-0.39, 0.29) is 6.10 Å². The molecule has 1 aromatic heterocycles. The van der Waals surface area contributed by atoms with Gasteiger partial charge in [0.2, 0.25) is 5.88 Å². The highest BCUT2D eigenvalue weighted by atomic mass is 79.9. The molecule has 27 heavy (non-hydrogen) atoms. The van der Waals surface area contributed by atoms with Gasteiger partial charge in [-0.25, -0.2) is 4.98 Å². The van der Waals surface area contributed by atoms with Gasteiger partial charge in [-0.3, -0.25) is 0 Å². The highest BCUT2D eigenvalue weighted by Crippen LogP contribution is 2.28. The number of rotatable bonds is 5. The predicted molar refractivity (Wildman–Crippen MR) is 113 cm³/mol. The SMILES string of the molecule is C=CC.CC(CNCC1CNc2cc(Br)cnc2O1)c1ccc(C#N)cc1. The zero-order valence-corrected chi connectivity index (χ0v) is 17.3. The van der Waals surface area contributed by atoms with Gasteiger partial charge >= 0.3 is 0 Å². The third-order valence-electron chi connectivity index (χ3n) is 4.05. The van der Waals surface area contributed by atoms with Crippen LogP contribution in [0.15, 0.2) is 53.7 Å². The summed E-state index contributed by atoms with van der Waals surface area (Å²) in [5.41, 5.74) is 2.84. The summed E-state index contributed by atoms with van der Waals surface area (Å²) in [7, 11) is 0. The molecule has 1 aromatic carbocycles. The molecule has 2 unspecified atom stereocenters. The predicted octanol–water partition coefficient (Wildman–Crippen LogP) is 4.47. The van der Waals surface area contributed by atoms with Crippen molar-refractivity contribution in [3.8, 4) is 11.9 Å². The molecule has 1 aliphatic rings. The minimum Gasteiger partial charge on any atom is -0.470 e. The Balaban J connectivity index is 0.000000817. The second-order valence-electron chi connectivity index (χ2n) is 6.33. The van der Waals surface area contributed by atoms with Crippen LogP contribution in [0.1, 0.15) is 30.9 Å². The van der Waals surface area contributed by atoms with Gasteiger partial charge in [0, 0.05) is 23.8 Å². The molecule has 0 fully saturated rings. The van der Waals surface area contributed by atoms with E-state index in [4.69, 9.17) is 10.00 Å². The summed E-state index contributed by atoms with van der Waals surface area (Å²) in [6, 6.07) is 11.9. The molecule has 0 aliphatic carbocycles. The van der Waals surface area contributed by atoms with Crippen molar-refractivity contribution in [3.05, 3.63) is 64.8 Å². The first-order valence-corrected chi connectivity index (χ1v) is 9.70. The van der Waals surface area contributed by atoms with E-state index in [1.165, 1.54) is 5.56 Å². The minimum absolute atomic E-state index is 0.0549. The van der Waals surface area contributed by atoms with Crippen LogP contribution < -0.4 is 15.4 Å². The fraction of sp³-hybridized carbons (Fsp3) is 0.333. The zero-order chi connectivity index (χ0) is 19.6. The molecule has 1 aliphatic heterocycles. The lowest BCUT2D eigenvalue weighted by Gasteiger charge is -2.27. The number of ether oxygens (including phenoxy) is 1. The topological polar surface area (TPSA) is 70.0 Å². The summed E-state index contributed by atoms with van der Waals surface area (Å²) in [6.07, 6.45) is 3.54. The molecular weight excluding hydrogens is 404 g/mol. The first-order valence-electron chi connectivity index (χ1n) is 8.91. The van der Waals surface area contributed by atoms with Crippen LogP contribution in [0.25, 0.3) is 0 Å². The van der Waals surface area contributed by atoms with Crippen LogP contribution in [-0.2, 0) is 0 Å². The van der Waals surface area contributed by atoms with Crippen molar-refractivity contribution >= 4 is 21.6 Å². The number of halogens is 1. The zero-order valence-electron chi connectivity index (χ0n) is 15.7. The number of benzene rings is 1. The van der Waals surface area contributed by atoms with E-state index in [0.717, 1.165) is 29.8 Å². The van der Waals surface area contributed by atoms with E-state index in [1.807, 2.05) is 37.3 Å². The van der Waals surface area contributed by atoms with Crippen molar-refractivity contribution in [3.63, 3.8) is 0 Å². The quantitative estimate of drug-likeness (QED) is 0.687. The van der Waals surface area contributed by atoms with Crippen molar-refractivity contribution in [1.82, 2.24) is 10.3 Å². The van der Waals surface area contributed by atoms with E-state index >= 15 is 0 Å². The summed E-state index contributed by atoms with van der Waals surface area (Å²) in [4.78, 5) is 4.29. The van der Waals surface area contributed by atoms with Gasteiger partial charge in [0.1, 0.15) is 6.10 Å². The average molecular weight is 429 g/mol. The Hall–Kier alpha value is -2.36. The van der Waals surface area contributed by atoms with Gasteiger partial charge < -0.3 is 15.4 Å². The molecular formula is C21H25BrN4O. The van der Waals surface area contributed by atoms with Crippen LogP contribution in [0.5, 0.6) is 5.88 Å². The second-order valence-corrected chi connectivity index (χ2v) is 7.24. The summed E-state index contributed by atoms with van der Waals surface area (Å²) in [5.74, 6) is 1.02. The largest absolute Gasteiger partial charge is 0.470 e. The molecule has 0 radical (unpaired) electrons. The normalized spacial score (nSPS) is 15.7. The molecule has 0 saturated carbocycles. The number of nitrogens with one attached hydrogen (secondary N) is 2. The molecule has 2 atom stereocenters. The highest BCUT2D eigenvalue weighted by Gasteiger charge is 2.20. The molecule has 2 aromatic rings. The second kappa shape index (κ2) is 10.7. The Morgan fingerprint density at radius 3 is 2.85 bits per heavy atom. The first-order chi connectivity index (χ1) is 13.1. The summed E-state index contributed by atoms with van der Waals surface area (Å²) in [6.45, 7) is 9.78. The fourth-order valence-corrected chi connectivity index (χ4v) is 2.98. The lowest BCUT2D eigenvalue weighted by atomic mass is 10.00. The minimum atomic E-state index is 0.0549. The van der Waals surface area contributed by atoms with Crippen LogP contribution >= 0.6 is 15.9 Å². The molecule has 2 heterocycles. The van der Waals surface area contributed by atoms with Crippen LogP contribution in [0.3, 0.4) is 0 Å². The van der Waals surface area contributed by atoms with E-state index in [2.05, 4.69) is 51.1 Å². The molecule has 5 nitrogen and oxygen atoms in total. The van der Waals surface area contributed by atoms with Crippen molar-refractivity contribution in [2.75, 3.05) is 25.0 Å². The van der Waals surface area contributed by atoms with Gasteiger partial charge in [0.05, 0.1) is 23.9 Å². The van der Waals surface area contributed by atoms with E-state index in [0.29, 0.717) is 17.4 Å². The van der Waals surface area contributed by atoms with E-state index < -0.39 is 0 Å². The van der Waals surface area contributed by atoms with Crippen molar-refractivity contribution in [2.45, 2.75) is 25.9 Å². The first kappa shape index (κ1) is 20.9. The molecule has 2 N–H and O–H groups in total. The maximum atomic E-state index is 8.85. The number of nitriles is 1. The molecule has 3 rings (SSSR count). The Morgan fingerprint density at radius 2 is 2.19 bits per heavy atom. The third-order valence-corrected chi connectivity index (χ3v) is 4.48. The van der Waals surface area contributed by atoms with Gasteiger partial charge in [0.25, 0.3) is 0 Å². The van der Waals surface area contributed by atoms with Gasteiger partial charge in [0.15, 0.2) is 0 Å². The summed E-state index contributed by atoms with van der Waals surface area (Å²) < 4.78 is 6.85. The number of anilines is 1. The number of nitrogens with zero attached hydrogens (tertiary/aromatic N) is 2. The smallest absolute Gasteiger partial charge is 0.237 e. The van der Waals surface area contributed by atoms with E-state index in [9.17, 15) is 0 Å². The maximum absolute atomic E-state index is 8.85. The average Bonchev–Trinajstić information content (AvgIpc) is 2.68. The fourth-order valence-electron chi connectivity index (χ4n) is 2.65. The van der Waals surface area contributed by atoms with Crippen LogP contribution in [0.2, 0.25) is 0 Å². The molecule has 0 saturated heterocycles. The molecule has 0 bridgehead atoms. The Bertz CT molecular complexity index is 786. The van der Waals surface area contributed by atoms with Crippen molar-refractivity contribution in [2.24, 2.45) is 0 Å². The Labute approximate surface area is 169 Å². The number of allylic oxidation sites excluding steroid dienone is 1. The Kier molecular flexibility index (Phi) is 8.31. The maximum Gasteiger partial charge on any atom is 0.237 e. The summed E-state index contributed by atoms with van der Waals surface area (Å²) >= 11 is 3.41. The lowest BCUT2D eigenvalue weighted by Crippen LogP contribution is -2.40. The molecule has 0 spiro atoms. The van der Waals surface area contributed by atoms with Crippen LogP contribution in [0.4, 0.5) is 5.69 Å². The van der Waals surface area contributed by atoms with Gasteiger partial charge in [-0.05, 0) is 52.5 Å². The molecule has 0 amide bonds. The van der Waals surface area contributed by atoms with Crippen LogP contribution in [0, 0.1) is 11.3 Å². The number of fused-ring (bicyclic) bond motifs is 1. The molecule has 6 heteroatoms. The monoisotopic (exact) mass is 428 g/mol. The highest BCUT2D eigenvalue weighted by molar-refractivity contribution is 9.10. The van der Waals surface area contributed by atoms with Gasteiger partial charge in [-0.2, -0.15) is 5.26 Å². The summed E-state index contributed by atoms with van der Waals surface area (Å²) in [5, 5.41) is 15.7. The Morgan fingerprint density at radius 1 is 1.48 bits per heavy atom.